The van der Waals surface area contributed by atoms with Crippen molar-refractivity contribution >= 4 is 0 Å². The van der Waals surface area contributed by atoms with E-state index in [2.05, 4.69) is 6.92 Å². The van der Waals surface area contributed by atoms with Crippen LogP contribution in [0.2, 0.25) is 0 Å². The molecule has 1 aliphatic carbocycles. The van der Waals surface area contributed by atoms with E-state index < -0.39 is 11.6 Å². The van der Waals surface area contributed by atoms with Crippen LogP contribution < -0.4 is 9.47 Å². The van der Waals surface area contributed by atoms with Gasteiger partial charge in [-0.2, -0.15) is 8.78 Å². The maximum absolute atomic E-state index is 14.2. The second-order valence-electron chi connectivity index (χ2n) is 8.71. The van der Waals surface area contributed by atoms with E-state index in [9.17, 15) is 8.78 Å². The molecule has 164 valence electrons. The van der Waals surface area contributed by atoms with E-state index in [4.69, 9.17) is 14.2 Å². The minimum absolute atomic E-state index is 0.0175. The van der Waals surface area contributed by atoms with Gasteiger partial charge in [0.05, 0.1) is 25.9 Å². The van der Waals surface area contributed by atoms with Gasteiger partial charge in [0.2, 0.25) is 11.6 Å². The molecule has 3 rings (SSSR count). The predicted octanol–water partition coefficient (Wildman–Crippen LogP) is 6.53. The van der Waals surface area contributed by atoms with Crippen LogP contribution in [-0.4, -0.2) is 25.9 Å². The van der Waals surface area contributed by atoms with Crippen molar-refractivity contribution in [2.24, 2.45) is 17.8 Å². The highest BCUT2D eigenvalue weighted by molar-refractivity contribution is 5.35. The molecule has 1 aliphatic heterocycles. The molecule has 3 nitrogen and oxygen atoms in total. The van der Waals surface area contributed by atoms with Gasteiger partial charge in [0.1, 0.15) is 0 Å². The van der Waals surface area contributed by atoms with Gasteiger partial charge in [0.15, 0.2) is 11.5 Å². The van der Waals surface area contributed by atoms with Crippen molar-refractivity contribution in [3.8, 4) is 11.5 Å². The zero-order valence-electron chi connectivity index (χ0n) is 17.9. The summed E-state index contributed by atoms with van der Waals surface area (Å²) in [5.74, 6) is -0.150. The van der Waals surface area contributed by atoms with Gasteiger partial charge >= 0.3 is 0 Å². The quantitative estimate of drug-likeness (QED) is 0.463. The molecule has 0 bridgehead atoms. The summed E-state index contributed by atoms with van der Waals surface area (Å²) in [7, 11) is 0. The van der Waals surface area contributed by atoms with Crippen molar-refractivity contribution in [1.82, 2.24) is 0 Å². The van der Waals surface area contributed by atoms with E-state index in [1.807, 2.05) is 6.92 Å². The lowest BCUT2D eigenvalue weighted by Crippen LogP contribution is -2.33. The van der Waals surface area contributed by atoms with Crippen LogP contribution in [0.3, 0.4) is 0 Å². The Morgan fingerprint density at radius 3 is 2.10 bits per heavy atom. The van der Waals surface area contributed by atoms with E-state index in [0.717, 1.165) is 31.8 Å². The molecule has 0 aromatic heterocycles. The first-order chi connectivity index (χ1) is 14.1. The van der Waals surface area contributed by atoms with Crippen LogP contribution in [0.5, 0.6) is 11.5 Å². The van der Waals surface area contributed by atoms with E-state index in [1.54, 1.807) is 0 Å². The Hall–Kier alpha value is -1.36. The van der Waals surface area contributed by atoms with E-state index in [0.29, 0.717) is 31.2 Å². The summed E-state index contributed by atoms with van der Waals surface area (Å²) < 4.78 is 45.3. The maximum Gasteiger partial charge on any atom is 0.204 e. The molecule has 1 heterocycles. The number of hydrogen-bond acceptors (Lipinski definition) is 3. The maximum atomic E-state index is 14.2. The summed E-state index contributed by atoms with van der Waals surface area (Å²) in [5.41, 5.74) is 0. The summed E-state index contributed by atoms with van der Waals surface area (Å²) >= 11 is 0. The molecular weight excluding hydrogens is 374 g/mol. The molecule has 1 aromatic carbocycles. The standard InChI is InChI=1S/C24H36F2O3/c1-3-5-20-11-10-19(16-28-20)18-8-6-17(7-9-18)15-29-22-13-12-21(27-14-4-2)23(25)24(22)26/h12-13,17-20H,3-11,14-16H2,1-2H3. The van der Waals surface area contributed by atoms with Gasteiger partial charge in [-0.3, -0.25) is 0 Å². The first kappa shape index (κ1) is 22.3. The molecule has 2 fully saturated rings. The zero-order chi connectivity index (χ0) is 20.6. The largest absolute Gasteiger partial charge is 0.490 e. The smallest absolute Gasteiger partial charge is 0.204 e. The van der Waals surface area contributed by atoms with Crippen molar-refractivity contribution < 1.29 is 23.0 Å². The monoisotopic (exact) mass is 410 g/mol. The van der Waals surface area contributed by atoms with Crippen LogP contribution in [-0.2, 0) is 4.74 Å². The van der Waals surface area contributed by atoms with Gasteiger partial charge in [-0.15, -0.1) is 0 Å². The molecule has 2 aliphatic rings. The van der Waals surface area contributed by atoms with Crippen LogP contribution in [0.15, 0.2) is 12.1 Å². The molecule has 0 N–H and O–H groups in total. The summed E-state index contributed by atoms with van der Waals surface area (Å²) in [4.78, 5) is 0. The summed E-state index contributed by atoms with van der Waals surface area (Å²) in [6.45, 7) is 5.86. The van der Waals surface area contributed by atoms with Gasteiger partial charge in [-0.05, 0) is 81.3 Å². The molecule has 2 unspecified atom stereocenters. The highest BCUT2D eigenvalue weighted by Crippen LogP contribution is 2.38. The topological polar surface area (TPSA) is 27.7 Å². The lowest BCUT2D eigenvalue weighted by atomic mass is 9.74. The van der Waals surface area contributed by atoms with Crippen molar-refractivity contribution in [3.63, 3.8) is 0 Å². The Bertz CT molecular complexity index is 621. The zero-order valence-corrected chi connectivity index (χ0v) is 17.9. The van der Waals surface area contributed by atoms with Gasteiger partial charge in [0, 0.05) is 0 Å². The van der Waals surface area contributed by atoms with E-state index in [-0.39, 0.29) is 11.5 Å². The molecule has 0 amide bonds. The van der Waals surface area contributed by atoms with Gasteiger partial charge < -0.3 is 14.2 Å². The Balaban J connectivity index is 1.42. The molecule has 1 saturated heterocycles. The van der Waals surface area contributed by atoms with Crippen LogP contribution in [0.25, 0.3) is 0 Å². The molecule has 2 atom stereocenters. The normalized spacial score (nSPS) is 27.6. The molecule has 29 heavy (non-hydrogen) atoms. The van der Waals surface area contributed by atoms with Crippen molar-refractivity contribution in [3.05, 3.63) is 23.8 Å². The fourth-order valence-electron chi connectivity index (χ4n) is 4.73. The van der Waals surface area contributed by atoms with Gasteiger partial charge in [0.25, 0.3) is 0 Å². The predicted molar refractivity (Wildman–Crippen MR) is 110 cm³/mol. The van der Waals surface area contributed by atoms with Crippen LogP contribution >= 0.6 is 0 Å². The minimum Gasteiger partial charge on any atom is -0.490 e. The minimum atomic E-state index is -0.960. The van der Waals surface area contributed by atoms with Gasteiger partial charge in [-0.1, -0.05) is 20.3 Å². The molecule has 0 spiro atoms. The molecule has 0 radical (unpaired) electrons. The summed E-state index contributed by atoms with van der Waals surface area (Å²) in [6.07, 6.45) is 10.6. The fraction of sp³-hybridized carbons (Fsp3) is 0.750. The number of hydrogen-bond donors (Lipinski definition) is 0. The number of rotatable bonds is 9. The first-order valence-corrected chi connectivity index (χ1v) is 11.5. The van der Waals surface area contributed by atoms with Gasteiger partial charge in [-0.25, -0.2) is 0 Å². The summed E-state index contributed by atoms with van der Waals surface area (Å²) in [5, 5.41) is 0. The molecule has 1 aromatic rings. The Labute approximate surface area is 174 Å². The first-order valence-electron chi connectivity index (χ1n) is 11.5. The SMILES string of the molecule is CCCOc1ccc(OCC2CCC(C3CCC(CCC)OC3)CC2)c(F)c1F. The third-order valence-corrected chi connectivity index (χ3v) is 6.52. The second kappa shape index (κ2) is 11.1. The lowest BCUT2D eigenvalue weighted by Gasteiger charge is -2.37. The van der Waals surface area contributed by atoms with Crippen LogP contribution in [0.1, 0.15) is 71.6 Å². The van der Waals surface area contributed by atoms with Crippen molar-refractivity contribution in [2.75, 3.05) is 19.8 Å². The number of halogens is 2. The summed E-state index contributed by atoms with van der Waals surface area (Å²) in [6, 6.07) is 2.93. The van der Waals surface area contributed by atoms with Crippen molar-refractivity contribution in [2.45, 2.75) is 77.7 Å². The Kier molecular flexibility index (Phi) is 8.58. The molecular formula is C24H36F2O3. The average Bonchev–Trinajstić information content (AvgIpc) is 2.75. The Morgan fingerprint density at radius 2 is 1.52 bits per heavy atom. The fourth-order valence-corrected chi connectivity index (χ4v) is 4.73. The third kappa shape index (κ3) is 6.07. The molecule has 5 heteroatoms. The Morgan fingerprint density at radius 1 is 0.862 bits per heavy atom. The van der Waals surface area contributed by atoms with Crippen LogP contribution in [0, 0.1) is 29.4 Å². The van der Waals surface area contributed by atoms with E-state index >= 15 is 0 Å². The average molecular weight is 411 g/mol. The third-order valence-electron chi connectivity index (χ3n) is 6.52. The second-order valence-corrected chi connectivity index (χ2v) is 8.71. The highest BCUT2D eigenvalue weighted by atomic mass is 19.2. The highest BCUT2D eigenvalue weighted by Gasteiger charge is 2.31. The van der Waals surface area contributed by atoms with Crippen molar-refractivity contribution in [1.29, 1.82) is 0 Å². The number of ether oxygens (including phenoxy) is 3. The lowest BCUT2D eigenvalue weighted by molar-refractivity contribution is -0.0428. The van der Waals surface area contributed by atoms with E-state index in [1.165, 1.54) is 50.7 Å². The molecule has 1 saturated carbocycles. The number of benzene rings is 1. The van der Waals surface area contributed by atoms with Crippen LogP contribution in [0.4, 0.5) is 8.78 Å².